The summed E-state index contributed by atoms with van der Waals surface area (Å²) >= 11 is 5.43. The van der Waals surface area contributed by atoms with Crippen LogP contribution in [0.2, 0.25) is 0 Å². The lowest BCUT2D eigenvalue weighted by molar-refractivity contribution is 0.405. The number of thiocarbonyl (C=S) groups is 1. The van der Waals surface area contributed by atoms with E-state index in [1.807, 2.05) is 18.2 Å². The number of nitrogens with one attached hydrogen (secondary N) is 2. The first kappa shape index (κ1) is 18.1. The fraction of sp³-hybridized carbons (Fsp3) is 0.316. The predicted octanol–water partition coefficient (Wildman–Crippen LogP) is 4.31. The third-order valence-corrected chi connectivity index (χ3v) is 4.11. The molecule has 2 rings (SSSR count). The molecule has 0 saturated carbocycles. The molecular weight excluding hydrogens is 320 g/mol. The van der Waals surface area contributed by atoms with Crippen LogP contribution in [0.4, 0.5) is 5.69 Å². The molecule has 0 bridgehead atoms. The summed E-state index contributed by atoms with van der Waals surface area (Å²) in [6.45, 7) is 4.23. The summed E-state index contributed by atoms with van der Waals surface area (Å²) in [6.07, 6.45) is 1.04. The number of hydrogen-bond donors (Lipinski definition) is 2. The zero-order chi connectivity index (χ0) is 17.5. The molecule has 0 saturated heterocycles. The molecule has 0 aliphatic heterocycles. The maximum absolute atomic E-state index is 5.43. The van der Waals surface area contributed by atoms with E-state index < -0.39 is 0 Å². The molecule has 0 aromatic heterocycles. The summed E-state index contributed by atoms with van der Waals surface area (Å²) in [5.74, 6) is 1.45. The van der Waals surface area contributed by atoms with Gasteiger partial charge in [-0.3, -0.25) is 0 Å². The van der Waals surface area contributed by atoms with Gasteiger partial charge < -0.3 is 20.1 Å². The van der Waals surface area contributed by atoms with Crippen molar-refractivity contribution in [3.63, 3.8) is 0 Å². The molecule has 0 aliphatic rings. The van der Waals surface area contributed by atoms with Crippen LogP contribution in [-0.4, -0.2) is 19.3 Å². The number of hydrogen-bond acceptors (Lipinski definition) is 3. The van der Waals surface area contributed by atoms with Gasteiger partial charge in [0.1, 0.15) is 11.5 Å². The lowest BCUT2D eigenvalue weighted by Crippen LogP contribution is -2.31. The van der Waals surface area contributed by atoms with E-state index in [2.05, 4.69) is 48.7 Å². The monoisotopic (exact) mass is 344 g/mol. The standard InChI is InChI=1S/C19H24N2O2S/c1-5-14-6-8-15(9-7-14)13(2)20-19(24)21-17-12-16(22-3)10-11-18(17)23-4/h6-13H,5H2,1-4H3,(H2,20,21,24). The molecule has 0 aliphatic carbocycles. The largest absolute Gasteiger partial charge is 0.497 e. The highest BCUT2D eigenvalue weighted by molar-refractivity contribution is 7.80. The van der Waals surface area contributed by atoms with E-state index in [0.29, 0.717) is 10.9 Å². The fourth-order valence-corrected chi connectivity index (χ4v) is 2.68. The first-order chi connectivity index (χ1) is 11.6. The quantitative estimate of drug-likeness (QED) is 0.764. The Kier molecular flexibility index (Phi) is 6.44. The van der Waals surface area contributed by atoms with Gasteiger partial charge in [0, 0.05) is 6.07 Å². The summed E-state index contributed by atoms with van der Waals surface area (Å²) in [4.78, 5) is 0. The molecule has 2 aromatic carbocycles. The minimum absolute atomic E-state index is 0.104. The van der Waals surface area contributed by atoms with E-state index in [4.69, 9.17) is 21.7 Å². The molecule has 2 N–H and O–H groups in total. The second-order valence-corrected chi connectivity index (χ2v) is 5.89. The van der Waals surface area contributed by atoms with E-state index >= 15 is 0 Å². The number of benzene rings is 2. The van der Waals surface area contributed by atoms with Crippen molar-refractivity contribution in [2.45, 2.75) is 26.3 Å². The number of anilines is 1. The molecule has 4 nitrogen and oxygen atoms in total. The molecule has 0 amide bonds. The van der Waals surface area contributed by atoms with Gasteiger partial charge >= 0.3 is 0 Å². The molecule has 0 spiro atoms. The van der Waals surface area contributed by atoms with Gasteiger partial charge in [0.2, 0.25) is 0 Å². The van der Waals surface area contributed by atoms with Crippen molar-refractivity contribution < 1.29 is 9.47 Å². The van der Waals surface area contributed by atoms with Gasteiger partial charge in [-0.05, 0) is 48.8 Å². The van der Waals surface area contributed by atoms with Crippen LogP contribution in [0.5, 0.6) is 11.5 Å². The molecule has 0 fully saturated rings. The van der Waals surface area contributed by atoms with E-state index in [-0.39, 0.29) is 6.04 Å². The van der Waals surface area contributed by atoms with Crippen LogP contribution in [0.3, 0.4) is 0 Å². The van der Waals surface area contributed by atoms with Crippen molar-refractivity contribution in [2.75, 3.05) is 19.5 Å². The zero-order valence-corrected chi connectivity index (χ0v) is 15.4. The molecule has 128 valence electrons. The second-order valence-electron chi connectivity index (χ2n) is 5.48. The Hall–Kier alpha value is -2.27. The number of rotatable bonds is 6. The van der Waals surface area contributed by atoms with Gasteiger partial charge in [-0.2, -0.15) is 0 Å². The summed E-state index contributed by atoms with van der Waals surface area (Å²) in [5.41, 5.74) is 3.28. The third-order valence-electron chi connectivity index (χ3n) is 3.89. The summed E-state index contributed by atoms with van der Waals surface area (Å²) in [7, 11) is 3.26. The van der Waals surface area contributed by atoms with Crippen molar-refractivity contribution in [1.82, 2.24) is 5.32 Å². The molecule has 0 radical (unpaired) electrons. The van der Waals surface area contributed by atoms with Crippen molar-refractivity contribution >= 4 is 23.0 Å². The summed E-state index contributed by atoms with van der Waals surface area (Å²) < 4.78 is 10.6. The maximum Gasteiger partial charge on any atom is 0.171 e. The van der Waals surface area contributed by atoms with Crippen LogP contribution in [0.15, 0.2) is 42.5 Å². The number of aryl methyl sites for hydroxylation is 1. The van der Waals surface area contributed by atoms with Crippen LogP contribution in [0, 0.1) is 0 Å². The minimum Gasteiger partial charge on any atom is -0.497 e. The van der Waals surface area contributed by atoms with Crippen LogP contribution >= 0.6 is 12.2 Å². The highest BCUT2D eigenvalue weighted by Gasteiger charge is 2.10. The highest BCUT2D eigenvalue weighted by atomic mass is 32.1. The molecule has 2 aromatic rings. The normalized spacial score (nSPS) is 11.5. The van der Waals surface area contributed by atoms with Crippen molar-refractivity contribution in [3.8, 4) is 11.5 Å². The van der Waals surface area contributed by atoms with Gasteiger partial charge in [-0.1, -0.05) is 31.2 Å². The third kappa shape index (κ3) is 4.61. The average Bonchev–Trinajstić information content (AvgIpc) is 2.61. The average molecular weight is 344 g/mol. The smallest absolute Gasteiger partial charge is 0.171 e. The molecular formula is C19H24N2O2S. The van der Waals surface area contributed by atoms with Gasteiger partial charge in [0.05, 0.1) is 25.9 Å². The van der Waals surface area contributed by atoms with E-state index in [0.717, 1.165) is 17.9 Å². The van der Waals surface area contributed by atoms with Crippen molar-refractivity contribution in [3.05, 3.63) is 53.6 Å². The van der Waals surface area contributed by atoms with Gasteiger partial charge in [-0.25, -0.2) is 0 Å². The first-order valence-electron chi connectivity index (χ1n) is 7.95. The van der Waals surface area contributed by atoms with Crippen LogP contribution in [0.1, 0.15) is 31.0 Å². The Labute approximate surface area is 149 Å². The Balaban J connectivity index is 2.04. The minimum atomic E-state index is 0.104. The number of methoxy groups -OCH3 is 2. The Morgan fingerprint density at radius 2 is 1.79 bits per heavy atom. The Morgan fingerprint density at radius 3 is 2.38 bits per heavy atom. The molecule has 0 heterocycles. The summed E-state index contributed by atoms with van der Waals surface area (Å²) in [6, 6.07) is 14.2. The Bertz CT molecular complexity index is 686. The lowest BCUT2D eigenvalue weighted by Gasteiger charge is -2.19. The SMILES string of the molecule is CCc1ccc(C(C)NC(=S)Nc2cc(OC)ccc2OC)cc1. The van der Waals surface area contributed by atoms with Gasteiger partial charge in [0.15, 0.2) is 5.11 Å². The maximum atomic E-state index is 5.43. The van der Waals surface area contributed by atoms with Gasteiger partial charge in [-0.15, -0.1) is 0 Å². The first-order valence-corrected chi connectivity index (χ1v) is 8.36. The topological polar surface area (TPSA) is 42.5 Å². The van der Waals surface area contributed by atoms with Crippen LogP contribution in [-0.2, 0) is 6.42 Å². The molecule has 24 heavy (non-hydrogen) atoms. The zero-order valence-electron chi connectivity index (χ0n) is 14.6. The fourth-order valence-electron chi connectivity index (χ4n) is 2.39. The Morgan fingerprint density at radius 1 is 1.08 bits per heavy atom. The molecule has 1 unspecified atom stereocenters. The van der Waals surface area contributed by atoms with Crippen molar-refractivity contribution in [2.24, 2.45) is 0 Å². The van der Waals surface area contributed by atoms with E-state index in [9.17, 15) is 0 Å². The molecule has 1 atom stereocenters. The van der Waals surface area contributed by atoms with Gasteiger partial charge in [0.25, 0.3) is 0 Å². The van der Waals surface area contributed by atoms with E-state index in [1.165, 1.54) is 11.1 Å². The predicted molar refractivity (Wildman–Crippen MR) is 103 cm³/mol. The van der Waals surface area contributed by atoms with Crippen LogP contribution in [0.25, 0.3) is 0 Å². The van der Waals surface area contributed by atoms with E-state index in [1.54, 1.807) is 14.2 Å². The highest BCUT2D eigenvalue weighted by Crippen LogP contribution is 2.29. The second kappa shape index (κ2) is 8.55. The molecule has 5 heteroatoms. The van der Waals surface area contributed by atoms with Crippen LogP contribution < -0.4 is 20.1 Å². The lowest BCUT2D eigenvalue weighted by atomic mass is 10.1. The summed E-state index contributed by atoms with van der Waals surface area (Å²) in [5, 5.41) is 7.01. The number of ether oxygens (including phenoxy) is 2. The van der Waals surface area contributed by atoms with Crippen molar-refractivity contribution in [1.29, 1.82) is 0 Å².